The molecule has 0 spiro atoms. The lowest BCUT2D eigenvalue weighted by molar-refractivity contribution is 0.666. The SMILES string of the molecule is CC1(C)c2ccccc2-c2ccc3c(ccc4ccc5cc(-c6nc(-c7ccccc7)nc(-c7ccc8c(c7)oc7ccccc78)n6)ccc5c43)c21. The smallest absolute Gasteiger partial charge is 0.164 e. The molecule has 2 heterocycles. The molecule has 52 heavy (non-hydrogen) atoms. The van der Waals surface area contributed by atoms with Crippen LogP contribution in [0.3, 0.4) is 0 Å². The molecule has 4 nitrogen and oxygen atoms in total. The summed E-state index contributed by atoms with van der Waals surface area (Å²) in [6.07, 6.45) is 0. The summed E-state index contributed by atoms with van der Waals surface area (Å²) >= 11 is 0. The van der Waals surface area contributed by atoms with Crippen LogP contribution >= 0.6 is 0 Å². The molecule has 0 bridgehead atoms. The summed E-state index contributed by atoms with van der Waals surface area (Å²) in [6, 6.07) is 53.7. The second-order valence-electron chi connectivity index (χ2n) is 14.4. The number of aromatic nitrogens is 3. The highest BCUT2D eigenvalue weighted by Gasteiger charge is 2.36. The summed E-state index contributed by atoms with van der Waals surface area (Å²) < 4.78 is 6.24. The van der Waals surface area contributed by atoms with Crippen LogP contribution in [0.5, 0.6) is 0 Å². The number of rotatable bonds is 3. The molecule has 1 aliphatic rings. The molecular weight excluding hydrogens is 635 g/mol. The Labute approximate surface area is 300 Å². The third kappa shape index (κ3) is 4.18. The minimum atomic E-state index is -0.0847. The molecule has 11 rings (SSSR count). The molecule has 1 aliphatic carbocycles. The van der Waals surface area contributed by atoms with Crippen molar-refractivity contribution in [2.75, 3.05) is 0 Å². The van der Waals surface area contributed by atoms with Crippen molar-refractivity contribution in [3.05, 3.63) is 163 Å². The van der Waals surface area contributed by atoms with E-state index in [1.54, 1.807) is 0 Å². The molecule has 244 valence electrons. The van der Waals surface area contributed by atoms with E-state index in [0.717, 1.165) is 44.0 Å². The van der Waals surface area contributed by atoms with Gasteiger partial charge in [-0.05, 0) is 78.8 Å². The molecule has 0 unspecified atom stereocenters. The minimum absolute atomic E-state index is 0.0847. The zero-order valence-electron chi connectivity index (χ0n) is 28.7. The van der Waals surface area contributed by atoms with E-state index in [2.05, 4.69) is 111 Å². The third-order valence-electron chi connectivity index (χ3n) is 11.1. The van der Waals surface area contributed by atoms with Crippen molar-refractivity contribution in [2.45, 2.75) is 19.3 Å². The quantitative estimate of drug-likeness (QED) is 0.176. The van der Waals surface area contributed by atoms with Gasteiger partial charge in [-0.15, -0.1) is 0 Å². The van der Waals surface area contributed by atoms with Gasteiger partial charge in [0.05, 0.1) is 0 Å². The van der Waals surface area contributed by atoms with Crippen molar-refractivity contribution < 1.29 is 4.42 Å². The molecular formula is C48H31N3O. The van der Waals surface area contributed by atoms with E-state index in [0.29, 0.717) is 17.5 Å². The van der Waals surface area contributed by atoms with Crippen molar-refractivity contribution in [1.82, 2.24) is 15.0 Å². The van der Waals surface area contributed by atoms with Gasteiger partial charge in [0, 0.05) is 32.9 Å². The van der Waals surface area contributed by atoms with E-state index in [1.165, 1.54) is 49.2 Å². The number of para-hydroxylation sites is 1. The Kier molecular flexibility index (Phi) is 5.98. The van der Waals surface area contributed by atoms with Crippen molar-refractivity contribution in [1.29, 1.82) is 0 Å². The fourth-order valence-corrected chi connectivity index (χ4v) is 8.62. The molecule has 0 fully saturated rings. The largest absolute Gasteiger partial charge is 0.456 e. The minimum Gasteiger partial charge on any atom is -0.456 e. The molecule has 0 aliphatic heterocycles. The number of nitrogens with zero attached hydrogens (tertiary/aromatic N) is 3. The van der Waals surface area contributed by atoms with Gasteiger partial charge in [0.1, 0.15) is 11.2 Å². The number of benzene rings is 8. The first-order valence-electron chi connectivity index (χ1n) is 17.8. The van der Waals surface area contributed by atoms with Crippen LogP contribution in [0.4, 0.5) is 0 Å². The summed E-state index contributed by atoms with van der Waals surface area (Å²) in [5.41, 5.74) is 9.84. The molecule has 0 saturated heterocycles. The zero-order chi connectivity index (χ0) is 34.6. The van der Waals surface area contributed by atoms with Crippen LogP contribution in [0.1, 0.15) is 25.0 Å². The average molecular weight is 666 g/mol. The van der Waals surface area contributed by atoms with E-state index < -0.39 is 0 Å². The summed E-state index contributed by atoms with van der Waals surface area (Å²) in [6.45, 7) is 4.72. The van der Waals surface area contributed by atoms with Gasteiger partial charge >= 0.3 is 0 Å². The number of hydrogen-bond donors (Lipinski definition) is 0. The number of hydrogen-bond acceptors (Lipinski definition) is 4. The lowest BCUT2D eigenvalue weighted by Crippen LogP contribution is -2.15. The topological polar surface area (TPSA) is 51.8 Å². The van der Waals surface area contributed by atoms with Gasteiger partial charge in [-0.25, -0.2) is 15.0 Å². The number of furan rings is 1. The highest BCUT2D eigenvalue weighted by atomic mass is 16.3. The molecule has 8 aromatic carbocycles. The lowest BCUT2D eigenvalue weighted by atomic mass is 9.79. The summed E-state index contributed by atoms with van der Waals surface area (Å²) in [5.74, 6) is 1.87. The van der Waals surface area contributed by atoms with E-state index >= 15 is 0 Å². The van der Waals surface area contributed by atoms with Gasteiger partial charge in [-0.1, -0.05) is 141 Å². The Bertz CT molecular complexity index is 3100. The van der Waals surface area contributed by atoms with Gasteiger partial charge < -0.3 is 4.42 Å². The van der Waals surface area contributed by atoms with E-state index in [4.69, 9.17) is 19.4 Å². The first-order chi connectivity index (χ1) is 25.5. The van der Waals surface area contributed by atoms with Gasteiger partial charge in [0.15, 0.2) is 17.5 Å². The van der Waals surface area contributed by atoms with Crippen LogP contribution in [0.2, 0.25) is 0 Å². The van der Waals surface area contributed by atoms with E-state index in [1.807, 2.05) is 54.6 Å². The summed E-state index contributed by atoms with van der Waals surface area (Å²) in [4.78, 5) is 15.1. The second kappa shape index (κ2) is 10.7. The van der Waals surface area contributed by atoms with Gasteiger partial charge in [-0.3, -0.25) is 0 Å². The van der Waals surface area contributed by atoms with Crippen molar-refractivity contribution in [3.8, 4) is 45.3 Å². The monoisotopic (exact) mass is 665 g/mol. The first-order valence-corrected chi connectivity index (χ1v) is 17.8. The Hall–Kier alpha value is -6.65. The Morgan fingerprint density at radius 1 is 0.423 bits per heavy atom. The lowest BCUT2D eigenvalue weighted by Gasteiger charge is -2.23. The normalized spacial score (nSPS) is 13.3. The van der Waals surface area contributed by atoms with Crippen LogP contribution in [-0.4, -0.2) is 15.0 Å². The fraction of sp³-hybridized carbons (Fsp3) is 0.0625. The highest BCUT2D eigenvalue weighted by Crippen LogP contribution is 2.52. The maximum atomic E-state index is 6.24. The van der Waals surface area contributed by atoms with Crippen LogP contribution in [-0.2, 0) is 5.41 Å². The number of fused-ring (bicyclic) bond motifs is 12. The van der Waals surface area contributed by atoms with Crippen molar-refractivity contribution in [2.24, 2.45) is 0 Å². The molecule has 2 aromatic heterocycles. The predicted octanol–water partition coefficient (Wildman–Crippen LogP) is 12.5. The van der Waals surface area contributed by atoms with E-state index in [-0.39, 0.29) is 5.41 Å². The molecule has 0 amide bonds. The fourth-order valence-electron chi connectivity index (χ4n) is 8.62. The van der Waals surface area contributed by atoms with Gasteiger partial charge in [-0.2, -0.15) is 0 Å². The van der Waals surface area contributed by atoms with Crippen LogP contribution < -0.4 is 0 Å². The van der Waals surface area contributed by atoms with Crippen LogP contribution in [0.25, 0.3) is 99.5 Å². The molecule has 10 aromatic rings. The molecule has 0 saturated carbocycles. The van der Waals surface area contributed by atoms with Crippen molar-refractivity contribution >= 4 is 54.3 Å². The maximum Gasteiger partial charge on any atom is 0.164 e. The third-order valence-corrected chi connectivity index (χ3v) is 11.1. The Balaban J connectivity index is 1.09. The zero-order valence-corrected chi connectivity index (χ0v) is 28.7. The summed E-state index contributed by atoms with van der Waals surface area (Å²) in [7, 11) is 0. The Morgan fingerprint density at radius 3 is 1.88 bits per heavy atom. The predicted molar refractivity (Wildman–Crippen MR) is 213 cm³/mol. The van der Waals surface area contributed by atoms with Crippen molar-refractivity contribution in [3.63, 3.8) is 0 Å². The van der Waals surface area contributed by atoms with Crippen LogP contribution in [0, 0.1) is 0 Å². The second-order valence-corrected chi connectivity index (χ2v) is 14.4. The maximum absolute atomic E-state index is 6.24. The average Bonchev–Trinajstić information content (AvgIpc) is 3.69. The summed E-state index contributed by atoms with van der Waals surface area (Å²) in [5, 5.41) is 9.64. The van der Waals surface area contributed by atoms with Gasteiger partial charge in [0.25, 0.3) is 0 Å². The van der Waals surface area contributed by atoms with Crippen LogP contribution in [0.15, 0.2) is 156 Å². The molecule has 0 N–H and O–H groups in total. The highest BCUT2D eigenvalue weighted by molar-refractivity contribution is 6.22. The first kappa shape index (κ1) is 29.1. The standard InChI is InChI=1S/C48H31N3O/c1-48(2)40-14-8-6-12-34(40)38-25-24-37-39(44(38)48)23-18-28-16-17-30-26-31(19-21-33(30)43(28)37)46-49-45(29-10-4-3-5-11-29)50-47(51-46)32-20-22-36-35-13-7-9-15-41(35)52-42(36)27-32/h3-27H,1-2H3. The van der Waals surface area contributed by atoms with E-state index in [9.17, 15) is 0 Å². The molecule has 0 atom stereocenters. The molecule has 4 heteroatoms. The molecule has 0 radical (unpaired) electrons. The van der Waals surface area contributed by atoms with Gasteiger partial charge in [0.2, 0.25) is 0 Å². The Morgan fingerprint density at radius 2 is 1.04 bits per heavy atom.